The number of aryl methyl sites for hydroxylation is 1. The molecule has 0 aliphatic carbocycles. The van der Waals surface area contributed by atoms with Crippen LogP contribution in [0.3, 0.4) is 0 Å². The van der Waals surface area contributed by atoms with Gasteiger partial charge in [0, 0.05) is 29.2 Å². The molecule has 1 heterocycles. The van der Waals surface area contributed by atoms with Crippen molar-refractivity contribution in [3.63, 3.8) is 0 Å². The van der Waals surface area contributed by atoms with Gasteiger partial charge in [-0.1, -0.05) is 0 Å². The smallest absolute Gasteiger partial charge is 0.133 e. The Hall–Kier alpha value is -1.81. The summed E-state index contributed by atoms with van der Waals surface area (Å²) in [5, 5.41) is 14.4. The van der Waals surface area contributed by atoms with Gasteiger partial charge in [0.05, 0.1) is 6.10 Å². The van der Waals surface area contributed by atoms with Crippen LogP contribution in [0.15, 0.2) is 24.4 Å². The molecule has 0 amide bonds. The van der Waals surface area contributed by atoms with Gasteiger partial charge in [-0.05, 0) is 37.6 Å². The summed E-state index contributed by atoms with van der Waals surface area (Å²) < 4.78 is 0. The van der Waals surface area contributed by atoms with Crippen LogP contribution >= 0.6 is 0 Å². The van der Waals surface area contributed by atoms with E-state index in [-0.39, 0.29) is 0 Å². The Bertz CT molecular complexity index is 537. The number of nitrogens with zero attached hydrogens (tertiary/aromatic N) is 1. The molecule has 0 spiro atoms. The number of hydrogen-bond acceptors (Lipinski definition) is 4. The first-order valence-corrected chi connectivity index (χ1v) is 5.64. The molecule has 0 saturated heterocycles. The van der Waals surface area contributed by atoms with Crippen molar-refractivity contribution in [2.45, 2.75) is 20.0 Å². The van der Waals surface area contributed by atoms with E-state index in [4.69, 9.17) is 5.73 Å². The first-order valence-electron chi connectivity index (χ1n) is 5.64. The van der Waals surface area contributed by atoms with Crippen molar-refractivity contribution < 1.29 is 5.11 Å². The average molecular weight is 231 g/mol. The number of aliphatic hydroxyl groups is 1. The summed E-state index contributed by atoms with van der Waals surface area (Å²) in [6, 6.07) is 5.89. The summed E-state index contributed by atoms with van der Waals surface area (Å²) in [6.07, 6.45) is 1.31. The standard InChI is InChI=1S/C13H17N3O/c1-8-5-11-10(12(14)6-8)3-4-15-13(11)16-7-9(2)17/h3-6,9,17H,7,14H2,1-2H3,(H,15,16). The first kappa shape index (κ1) is 11.7. The Morgan fingerprint density at radius 2 is 2.18 bits per heavy atom. The van der Waals surface area contributed by atoms with E-state index in [1.165, 1.54) is 0 Å². The molecule has 1 unspecified atom stereocenters. The van der Waals surface area contributed by atoms with E-state index in [9.17, 15) is 5.11 Å². The summed E-state index contributed by atoms with van der Waals surface area (Å²) in [4.78, 5) is 4.28. The highest BCUT2D eigenvalue weighted by Crippen LogP contribution is 2.27. The number of nitrogens with two attached hydrogens (primary N) is 1. The highest BCUT2D eigenvalue weighted by Gasteiger charge is 2.06. The number of pyridine rings is 1. The second-order valence-electron chi connectivity index (χ2n) is 4.34. The monoisotopic (exact) mass is 231 g/mol. The van der Waals surface area contributed by atoms with Crippen LogP contribution in [0.4, 0.5) is 11.5 Å². The SMILES string of the molecule is Cc1cc(N)c2ccnc(NCC(C)O)c2c1. The van der Waals surface area contributed by atoms with E-state index in [1.807, 2.05) is 25.1 Å². The van der Waals surface area contributed by atoms with Crippen LogP contribution in [-0.2, 0) is 0 Å². The molecular formula is C13H17N3O. The molecule has 90 valence electrons. The molecule has 2 aromatic rings. The molecule has 0 fully saturated rings. The van der Waals surface area contributed by atoms with Crippen molar-refractivity contribution in [2.75, 3.05) is 17.6 Å². The number of nitrogen functional groups attached to an aromatic ring is 1. The number of aliphatic hydroxyl groups excluding tert-OH is 1. The predicted molar refractivity (Wildman–Crippen MR) is 71.1 cm³/mol. The van der Waals surface area contributed by atoms with Gasteiger partial charge < -0.3 is 16.2 Å². The molecule has 1 atom stereocenters. The summed E-state index contributed by atoms with van der Waals surface area (Å²) in [7, 11) is 0. The maximum atomic E-state index is 9.28. The zero-order valence-electron chi connectivity index (χ0n) is 10.1. The molecule has 0 radical (unpaired) electrons. The Labute approximate surface area is 100 Å². The average Bonchev–Trinajstić information content (AvgIpc) is 2.26. The van der Waals surface area contributed by atoms with E-state index >= 15 is 0 Å². The number of fused-ring (bicyclic) bond motifs is 1. The van der Waals surface area contributed by atoms with Crippen LogP contribution in [0, 0.1) is 6.92 Å². The fourth-order valence-electron chi connectivity index (χ4n) is 1.85. The van der Waals surface area contributed by atoms with Crippen molar-refractivity contribution in [2.24, 2.45) is 0 Å². The van der Waals surface area contributed by atoms with Gasteiger partial charge in [0.15, 0.2) is 0 Å². The maximum absolute atomic E-state index is 9.28. The summed E-state index contributed by atoms with van der Waals surface area (Å²) in [5.74, 6) is 0.763. The molecule has 2 rings (SSSR count). The molecular weight excluding hydrogens is 214 g/mol. The molecule has 1 aromatic heterocycles. The molecule has 4 N–H and O–H groups in total. The Morgan fingerprint density at radius 1 is 1.41 bits per heavy atom. The van der Waals surface area contributed by atoms with Crippen molar-refractivity contribution in [1.29, 1.82) is 0 Å². The molecule has 0 aliphatic rings. The summed E-state index contributed by atoms with van der Waals surface area (Å²) in [6.45, 7) is 4.21. The Balaban J connectivity index is 2.49. The predicted octanol–water partition coefficient (Wildman–Crippen LogP) is 1.92. The second kappa shape index (κ2) is 4.59. The summed E-state index contributed by atoms with van der Waals surface area (Å²) in [5.41, 5.74) is 7.83. The minimum atomic E-state index is -0.408. The van der Waals surface area contributed by atoms with E-state index in [2.05, 4.69) is 10.3 Å². The molecule has 0 aliphatic heterocycles. The molecule has 4 nitrogen and oxygen atoms in total. The highest BCUT2D eigenvalue weighted by molar-refractivity contribution is 5.99. The summed E-state index contributed by atoms with van der Waals surface area (Å²) >= 11 is 0. The number of anilines is 2. The number of nitrogens with one attached hydrogen (secondary N) is 1. The molecule has 0 saturated carbocycles. The fraction of sp³-hybridized carbons (Fsp3) is 0.308. The van der Waals surface area contributed by atoms with Crippen molar-refractivity contribution in [1.82, 2.24) is 4.98 Å². The third-order valence-corrected chi connectivity index (χ3v) is 2.62. The van der Waals surface area contributed by atoms with Gasteiger partial charge in [0.25, 0.3) is 0 Å². The number of hydrogen-bond donors (Lipinski definition) is 3. The number of rotatable bonds is 3. The lowest BCUT2D eigenvalue weighted by molar-refractivity contribution is 0.208. The van der Waals surface area contributed by atoms with Crippen molar-refractivity contribution in [3.8, 4) is 0 Å². The number of benzene rings is 1. The molecule has 1 aromatic carbocycles. The minimum absolute atomic E-state index is 0.408. The van der Waals surface area contributed by atoms with E-state index in [0.29, 0.717) is 6.54 Å². The quantitative estimate of drug-likeness (QED) is 0.706. The fourth-order valence-corrected chi connectivity index (χ4v) is 1.85. The largest absolute Gasteiger partial charge is 0.398 e. The van der Waals surface area contributed by atoms with Gasteiger partial charge >= 0.3 is 0 Å². The third kappa shape index (κ3) is 2.47. The Kier molecular flexibility index (Phi) is 3.15. The van der Waals surface area contributed by atoms with Gasteiger partial charge in [-0.2, -0.15) is 0 Å². The third-order valence-electron chi connectivity index (χ3n) is 2.62. The molecule has 17 heavy (non-hydrogen) atoms. The van der Waals surface area contributed by atoms with Crippen LogP contribution in [0.2, 0.25) is 0 Å². The van der Waals surface area contributed by atoms with Crippen LogP contribution < -0.4 is 11.1 Å². The highest BCUT2D eigenvalue weighted by atomic mass is 16.3. The zero-order valence-corrected chi connectivity index (χ0v) is 10.1. The van der Waals surface area contributed by atoms with Crippen molar-refractivity contribution in [3.05, 3.63) is 30.0 Å². The Morgan fingerprint density at radius 3 is 2.88 bits per heavy atom. The van der Waals surface area contributed by atoms with E-state index in [0.717, 1.165) is 27.8 Å². The zero-order chi connectivity index (χ0) is 12.4. The van der Waals surface area contributed by atoms with Crippen LogP contribution in [0.25, 0.3) is 10.8 Å². The normalized spacial score (nSPS) is 12.6. The van der Waals surface area contributed by atoms with Crippen LogP contribution in [-0.4, -0.2) is 22.7 Å². The van der Waals surface area contributed by atoms with E-state index in [1.54, 1.807) is 13.1 Å². The maximum Gasteiger partial charge on any atom is 0.133 e. The lowest BCUT2D eigenvalue weighted by atomic mass is 10.1. The lowest BCUT2D eigenvalue weighted by Crippen LogP contribution is -2.16. The van der Waals surface area contributed by atoms with E-state index < -0.39 is 6.10 Å². The van der Waals surface area contributed by atoms with Gasteiger partial charge in [0.1, 0.15) is 5.82 Å². The number of aromatic nitrogens is 1. The minimum Gasteiger partial charge on any atom is -0.398 e. The van der Waals surface area contributed by atoms with Crippen LogP contribution in [0.5, 0.6) is 0 Å². The van der Waals surface area contributed by atoms with Crippen molar-refractivity contribution >= 4 is 22.3 Å². The topological polar surface area (TPSA) is 71.2 Å². The van der Waals surface area contributed by atoms with Crippen LogP contribution in [0.1, 0.15) is 12.5 Å². The molecule has 0 bridgehead atoms. The van der Waals surface area contributed by atoms with Gasteiger partial charge in [-0.3, -0.25) is 0 Å². The van der Waals surface area contributed by atoms with Gasteiger partial charge in [0.2, 0.25) is 0 Å². The lowest BCUT2D eigenvalue weighted by Gasteiger charge is -2.11. The van der Waals surface area contributed by atoms with Gasteiger partial charge in [-0.15, -0.1) is 0 Å². The molecule has 4 heteroatoms. The first-order chi connectivity index (χ1) is 8.08. The van der Waals surface area contributed by atoms with Gasteiger partial charge in [-0.25, -0.2) is 4.98 Å². The second-order valence-corrected chi connectivity index (χ2v) is 4.34.